The Kier molecular flexibility index (Phi) is 3.78. The first-order chi connectivity index (χ1) is 9.37. The second-order valence-electron chi connectivity index (χ2n) is 5.39. The summed E-state index contributed by atoms with van der Waals surface area (Å²) in [5.41, 5.74) is 0.464. The van der Waals surface area contributed by atoms with Crippen LogP contribution in [0.3, 0.4) is 0 Å². The SMILES string of the molecule is CC(C)(C)OC(=O)NCCn1c(=O)[nH]c2cccnc21. The maximum atomic E-state index is 11.8. The summed E-state index contributed by atoms with van der Waals surface area (Å²) in [6.07, 6.45) is 1.12. The molecule has 2 aromatic rings. The molecule has 7 nitrogen and oxygen atoms in total. The van der Waals surface area contributed by atoms with Crippen LogP contribution in [0.15, 0.2) is 23.1 Å². The van der Waals surface area contributed by atoms with E-state index in [1.54, 1.807) is 39.1 Å². The molecule has 0 aliphatic carbocycles. The molecule has 108 valence electrons. The molecule has 0 bridgehead atoms. The highest BCUT2D eigenvalue weighted by molar-refractivity contribution is 5.70. The van der Waals surface area contributed by atoms with Gasteiger partial charge in [0.25, 0.3) is 0 Å². The summed E-state index contributed by atoms with van der Waals surface area (Å²) in [5.74, 6) is 0. The van der Waals surface area contributed by atoms with E-state index in [1.807, 2.05) is 0 Å². The second kappa shape index (κ2) is 5.36. The zero-order valence-electron chi connectivity index (χ0n) is 11.8. The molecule has 0 radical (unpaired) electrons. The lowest BCUT2D eigenvalue weighted by molar-refractivity contribution is 0.0526. The number of imidazole rings is 1. The molecule has 2 aromatic heterocycles. The van der Waals surface area contributed by atoms with E-state index in [0.29, 0.717) is 24.3 Å². The second-order valence-corrected chi connectivity index (χ2v) is 5.39. The van der Waals surface area contributed by atoms with Gasteiger partial charge in [0.05, 0.1) is 5.52 Å². The molecule has 0 saturated carbocycles. The lowest BCUT2D eigenvalue weighted by Crippen LogP contribution is -2.35. The minimum atomic E-state index is -0.538. The van der Waals surface area contributed by atoms with Crippen molar-refractivity contribution in [3.63, 3.8) is 0 Å². The molecule has 2 N–H and O–H groups in total. The van der Waals surface area contributed by atoms with E-state index < -0.39 is 11.7 Å². The molecule has 2 rings (SSSR count). The fraction of sp³-hybridized carbons (Fsp3) is 0.462. The lowest BCUT2D eigenvalue weighted by Gasteiger charge is -2.19. The van der Waals surface area contributed by atoms with Crippen molar-refractivity contribution in [2.24, 2.45) is 0 Å². The largest absolute Gasteiger partial charge is 0.444 e. The summed E-state index contributed by atoms with van der Waals surface area (Å²) in [6, 6.07) is 3.53. The number of aromatic nitrogens is 3. The van der Waals surface area contributed by atoms with Crippen molar-refractivity contribution in [1.82, 2.24) is 19.9 Å². The number of H-pyrrole nitrogens is 1. The first kappa shape index (κ1) is 14.1. The van der Waals surface area contributed by atoms with E-state index in [2.05, 4.69) is 15.3 Å². The zero-order valence-corrected chi connectivity index (χ0v) is 11.8. The Morgan fingerprint density at radius 3 is 2.95 bits per heavy atom. The average molecular weight is 278 g/mol. The summed E-state index contributed by atoms with van der Waals surface area (Å²) in [4.78, 5) is 30.1. The summed E-state index contributed by atoms with van der Waals surface area (Å²) in [7, 11) is 0. The van der Waals surface area contributed by atoms with Gasteiger partial charge in [-0.25, -0.2) is 14.6 Å². The minimum Gasteiger partial charge on any atom is -0.444 e. The molecule has 0 aliphatic rings. The van der Waals surface area contributed by atoms with Crippen LogP contribution in [0.1, 0.15) is 20.8 Å². The van der Waals surface area contributed by atoms with Crippen molar-refractivity contribution in [1.29, 1.82) is 0 Å². The fourth-order valence-corrected chi connectivity index (χ4v) is 1.78. The van der Waals surface area contributed by atoms with Gasteiger partial charge in [-0.2, -0.15) is 0 Å². The van der Waals surface area contributed by atoms with Crippen molar-refractivity contribution in [3.05, 3.63) is 28.8 Å². The van der Waals surface area contributed by atoms with Gasteiger partial charge in [0, 0.05) is 19.3 Å². The summed E-state index contributed by atoms with van der Waals surface area (Å²) >= 11 is 0. The van der Waals surface area contributed by atoms with Crippen LogP contribution in [0.4, 0.5) is 4.79 Å². The van der Waals surface area contributed by atoms with Crippen LogP contribution in [0.2, 0.25) is 0 Å². The van der Waals surface area contributed by atoms with Gasteiger partial charge < -0.3 is 15.0 Å². The van der Waals surface area contributed by atoms with Crippen molar-refractivity contribution in [3.8, 4) is 0 Å². The van der Waals surface area contributed by atoms with Crippen molar-refractivity contribution in [2.75, 3.05) is 6.54 Å². The van der Waals surface area contributed by atoms with E-state index >= 15 is 0 Å². The fourth-order valence-electron chi connectivity index (χ4n) is 1.78. The number of nitrogens with zero attached hydrogens (tertiary/aromatic N) is 2. The number of nitrogens with one attached hydrogen (secondary N) is 2. The molecule has 0 aliphatic heterocycles. The maximum Gasteiger partial charge on any atom is 0.407 e. The molecule has 0 aromatic carbocycles. The molecule has 7 heteroatoms. The third-order valence-corrected chi connectivity index (χ3v) is 2.53. The predicted octanol–water partition coefficient (Wildman–Crippen LogP) is 1.25. The molecule has 0 atom stereocenters. The Morgan fingerprint density at radius 1 is 1.50 bits per heavy atom. The molecule has 20 heavy (non-hydrogen) atoms. The Hall–Kier alpha value is -2.31. The number of amides is 1. The standard InChI is InChI=1S/C13H18N4O3/c1-13(2,3)20-12(19)15-7-8-17-10-9(16-11(17)18)5-4-6-14-10/h4-6H,7-8H2,1-3H3,(H,15,19)(H,16,18). The van der Waals surface area contributed by atoms with Crippen molar-refractivity contribution < 1.29 is 9.53 Å². The molecular formula is C13H18N4O3. The molecule has 1 amide bonds. The smallest absolute Gasteiger partial charge is 0.407 e. The van der Waals surface area contributed by atoms with Gasteiger partial charge in [-0.05, 0) is 32.9 Å². The number of ether oxygens (including phenoxy) is 1. The van der Waals surface area contributed by atoms with Gasteiger partial charge in [-0.15, -0.1) is 0 Å². The molecule has 0 saturated heterocycles. The number of pyridine rings is 1. The summed E-state index contributed by atoms with van der Waals surface area (Å²) in [6.45, 7) is 6.00. The molecule has 0 fully saturated rings. The van der Waals surface area contributed by atoms with Crippen LogP contribution in [0.5, 0.6) is 0 Å². The number of hydrogen-bond acceptors (Lipinski definition) is 4. The quantitative estimate of drug-likeness (QED) is 0.884. The Labute approximate surface area is 116 Å². The Balaban J connectivity index is 1.98. The van der Waals surface area contributed by atoms with Gasteiger partial charge in [0.1, 0.15) is 5.60 Å². The topological polar surface area (TPSA) is 89.0 Å². The molecule has 0 spiro atoms. The predicted molar refractivity (Wildman–Crippen MR) is 74.6 cm³/mol. The first-order valence-corrected chi connectivity index (χ1v) is 6.37. The maximum absolute atomic E-state index is 11.8. The van der Waals surface area contributed by atoms with Crippen LogP contribution >= 0.6 is 0 Å². The van der Waals surface area contributed by atoms with Gasteiger partial charge in [0.15, 0.2) is 5.65 Å². The number of hydrogen-bond donors (Lipinski definition) is 2. The molecule has 2 heterocycles. The van der Waals surface area contributed by atoms with E-state index in [4.69, 9.17) is 4.74 Å². The number of alkyl carbamates (subject to hydrolysis) is 1. The molecule has 0 unspecified atom stereocenters. The number of rotatable bonds is 3. The van der Waals surface area contributed by atoms with Crippen LogP contribution in [0, 0.1) is 0 Å². The zero-order chi connectivity index (χ0) is 14.8. The van der Waals surface area contributed by atoms with E-state index in [-0.39, 0.29) is 5.69 Å². The number of aromatic amines is 1. The third-order valence-electron chi connectivity index (χ3n) is 2.53. The monoisotopic (exact) mass is 278 g/mol. The van der Waals surface area contributed by atoms with Crippen LogP contribution in [-0.4, -0.2) is 32.8 Å². The first-order valence-electron chi connectivity index (χ1n) is 6.37. The van der Waals surface area contributed by atoms with Gasteiger partial charge in [-0.3, -0.25) is 4.57 Å². The van der Waals surface area contributed by atoms with Crippen molar-refractivity contribution in [2.45, 2.75) is 32.9 Å². The number of carbonyl (C=O) groups excluding carboxylic acids is 1. The molecular weight excluding hydrogens is 260 g/mol. The Bertz CT molecular complexity index is 666. The lowest BCUT2D eigenvalue weighted by atomic mass is 10.2. The van der Waals surface area contributed by atoms with Crippen molar-refractivity contribution >= 4 is 17.3 Å². The number of fused-ring (bicyclic) bond motifs is 1. The number of carbonyl (C=O) groups is 1. The van der Waals surface area contributed by atoms with Gasteiger partial charge >= 0.3 is 11.8 Å². The Morgan fingerprint density at radius 2 is 2.25 bits per heavy atom. The minimum absolute atomic E-state index is 0.246. The summed E-state index contributed by atoms with van der Waals surface area (Å²) < 4.78 is 6.59. The van der Waals surface area contributed by atoms with Crippen LogP contribution in [0.25, 0.3) is 11.2 Å². The highest BCUT2D eigenvalue weighted by atomic mass is 16.6. The van der Waals surface area contributed by atoms with E-state index in [0.717, 1.165) is 0 Å². The van der Waals surface area contributed by atoms with Gasteiger partial charge in [-0.1, -0.05) is 0 Å². The average Bonchev–Trinajstić information content (AvgIpc) is 2.64. The van der Waals surface area contributed by atoms with Crippen LogP contribution in [-0.2, 0) is 11.3 Å². The highest BCUT2D eigenvalue weighted by Crippen LogP contribution is 2.07. The highest BCUT2D eigenvalue weighted by Gasteiger charge is 2.15. The summed E-state index contributed by atoms with van der Waals surface area (Å²) in [5, 5.41) is 2.61. The van der Waals surface area contributed by atoms with Crippen LogP contribution < -0.4 is 11.0 Å². The van der Waals surface area contributed by atoms with E-state index in [1.165, 1.54) is 4.57 Å². The normalized spacial score (nSPS) is 11.6. The van der Waals surface area contributed by atoms with Gasteiger partial charge in [0.2, 0.25) is 0 Å². The third kappa shape index (κ3) is 3.37. The van der Waals surface area contributed by atoms with E-state index in [9.17, 15) is 9.59 Å².